The van der Waals surface area contributed by atoms with Crippen molar-refractivity contribution < 1.29 is 4.74 Å². The topological polar surface area (TPSA) is 26.2 Å². The van der Waals surface area contributed by atoms with Crippen LogP contribution in [0.2, 0.25) is 0 Å². The summed E-state index contributed by atoms with van der Waals surface area (Å²) in [5.41, 5.74) is 3.11. The van der Waals surface area contributed by atoms with E-state index < -0.39 is 0 Å². The second kappa shape index (κ2) is 7.71. The molecule has 108 valence electrons. The van der Waals surface area contributed by atoms with Crippen molar-refractivity contribution in [2.24, 2.45) is 0 Å². The molecular weight excluding hydrogens is 236 g/mol. The Bertz CT molecular complexity index is 373. The molecule has 3 nitrogen and oxygen atoms in total. The molecule has 2 rings (SSSR count). The van der Waals surface area contributed by atoms with E-state index in [1.165, 1.54) is 32.1 Å². The second-order valence-electron chi connectivity index (χ2n) is 5.58. The van der Waals surface area contributed by atoms with Crippen LogP contribution < -0.4 is 5.32 Å². The molecule has 1 N–H and O–H groups in total. The summed E-state index contributed by atoms with van der Waals surface area (Å²) in [5, 5.41) is 3.68. The normalized spacial score (nSPS) is 18.5. The SMILES string of the molecule is CCCNC1CCCc2cn(CCCCOC)cc21. The van der Waals surface area contributed by atoms with Gasteiger partial charge in [0, 0.05) is 38.7 Å². The minimum Gasteiger partial charge on any atom is -0.385 e. The minimum atomic E-state index is 0.587. The predicted molar refractivity (Wildman–Crippen MR) is 79.5 cm³/mol. The van der Waals surface area contributed by atoms with Crippen molar-refractivity contribution in [1.29, 1.82) is 0 Å². The third kappa shape index (κ3) is 4.08. The molecule has 0 saturated carbocycles. The lowest BCUT2D eigenvalue weighted by Crippen LogP contribution is -2.24. The molecular formula is C16H28N2O. The molecule has 0 bridgehead atoms. The molecule has 1 aliphatic carbocycles. The molecule has 0 spiro atoms. The Morgan fingerprint density at radius 1 is 1.37 bits per heavy atom. The first-order chi connectivity index (χ1) is 9.35. The first kappa shape index (κ1) is 14.6. The summed E-state index contributed by atoms with van der Waals surface area (Å²) >= 11 is 0. The monoisotopic (exact) mass is 264 g/mol. The second-order valence-corrected chi connectivity index (χ2v) is 5.58. The van der Waals surface area contributed by atoms with Crippen LogP contribution in [-0.4, -0.2) is 24.8 Å². The Hall–Kier alpha value is -0.800. The number of hydrogen-bond acceptors (Lipinski definition) is 2. The van der Waals surface area contributed by atoms with Gasteiger partial charge in [-0.3, -0.25) is 0 Å². The molecule has 0 amide bonds. The highest BCUT2D eigenvalue weighted by Crippen LogP contribution is 2.30. The zero-order chi connectivity index (χ0) is 13.5. The smallest absolute Gasteiger partial charge is 0.0462 e. The zero-order valence-corrected chi connectivity index (χ0v) is 12.5. The van der Waals surface area contributed by atoms with Crippen LogP contribution in [0, 0.1) is 0 Å². The van der Waals surface area contributed by atoms with Crippen molar-refractivity contribution >= 4 is 0 Å². The summed E-state index contributed by atoms with van der Waals surface area (Å²) in [6.45, 7) is 5.36. The van der Waals surface area contributed by atoms with Crippen molar-refractivity contribution in [3.05, 3.63) is 23.5 Å². The lowest BCUT2D eigenvalue weighted by Gasteiger charge is -2.23. The molecule has 1 aliphatic rings. The number of nitrogens with one attached hydrogen (secondary N) is 1. The number of methoxy groups -OCH3 is 1. The highest BCUT2D eigenvalue weighted by atomic mass is 16.5. The molecule has 1 aromatic rings. The van der Waals surface area contributed by atoms with Crippen molar-refractivity contribution in [3.8, 4) is 0 Å². The van der Waals surface area contributed by atoms with Gasteiger partial charge in [-0.1, -0.05) is 6.92 Å². The third-order valence-electron chi connectivity index (χ3n) is 3.97. The molecule has 1 heterocycles. The van der Waals surface area contributed by atoms with Crippen molar-refractivity contribution in [2.75, 3.05) is 20.3 Å². The van der Waals surface area contributed by atoms with Crippen LogP contribution in [0.15, 0.2) is 12.4 Å². The maximum absolute atomic E-state index is 5.10. The van der Waals surface area contributed by atoms with Gasteiger partial charge in [0.25, 0.3) is 0 Å². The van der Waals surface area contributed by atoms with Gasteiger partial charge < -0.3 is 14.6 Å². The van der Waals surface area contributed by atoms with Crippen LogP contribution in [0.25, 0.3) is 0 Å². The third-order valence-corrected chi connectivity index (χ3v) is 3.97. The van der Waals surface area contributed by atoms with E-state index in [1.807, 2.05) is 0 Å². The number of aromatic nitrogens is 1. The summed E-state index contributed by atoms with van der Waals surface area (Å²) in [5.74, 6) is 0. The minimum absolute atomic E-state index is 0.587. The molecule has 0 fully saturated rings. The molecule has 0 aromatic carbocycles. The first-order valence-electron chi connectivity index (χ1n) is 7.76. The van der Waals surface area contributed by atoms with Gasteiger partial charge in [-0.2, -0.15) is 0 Å². The van der Waals surface area contributed by atoms with Gasteiger partial charge >= 0.3 is 0 Å². The number of nitrogens with zero attached hydrogens (tertiary/aromatic N) is 1. The van der Waals surface area contributed by atoms with Gasteiger partial charge in [0.2, 0.25) is 0 Å². The summed E-state index contributed by atoms with van der Waals surface area (Å²) < 4.78 is 7.48. The van der Waals surface area contributed by atoms with Crippen LogP contribution in [0.3, 0.4) is 0 Å². The quantitative estimate of drug-likeness (QED) is 0.729. The molecule has 3 heteroatoms. The van der Waals surface area contributed by atoms with Crippen molar-refractivity contribution in [1.82, 2.24) is 9.88 Å². The first-order valence-corrected chi connectivity index (χ1v) is 7.76. The number of hydrogen-bond donors (Lipinski definition) is 1. The Morgan fingerprint density at radius 2 is 2.26 bits per heavy atom. The van der Waals surface area contributed by atoms with Crippen LogP contribution in [0.5, 0.6) is 0 Å². The van der Waals surface area contributed by atoms with Crippen LogP contribution in [0.4, 0.5) is 0 Å². The van der Waals surface area contributed by atoms with E-state index in [0.717, 1.165) is 26.1 Å². The Balaban J connectivity index is 1.92. The lowest BCUT2D eigenvalue weighted by molar-refractivity contribution is 0.191. The van der Waals surface area contributed by atoms with Crippen LogP contribution in [-0.2, 0) is 17.7 Å². The number of fused-ring (bicyclic) bond motifs is 1. The standard InChI is InChI=1S/C16H28N2O/c1-3-9-17-16-8-6-7-14-12-18(13-15(14)16)10-4-5-11-19-2/h12-13,16-17H,3-11H2,1-2H3. The maximum atomic E-state index is 5.10. The van der Waals surface area contributed by atoms with Gasteiger partial charge in [-0.25, -0.2) is 0 Å². The highest BCUT2D eigenvalue weighted by Gasteiger charge is 2.21. The van der Waals surface area contributed by atoms with Gasteiger partial charge in [0.1, 0.15) is 0 Å². The highest BCUT2D eigenvalue weighted by molar-refractivity contribution is 5.30. The van der Waals surface area contributed by atoms with Crippen molar-refractivity contribution in [3.63, 3.8) is 0 Å². The fraction of sp³-hybridized carbons (Fsp3) is 0.750. The average molecular weight is 264 g/mol. The Morgan fingerprint density at radius 3 is 3.05 bits per heavy atom. The van der Waals surface area contributed by atoms with Gasteiger partial charge in [0.15, 0.2) is 0 Å². The Kier molecular flexibility index (Phi) is 5.93. The molecule has 0 aliphatic heterocycles. The van der Waals surface area contributed by atoms with Crippen LogP contribution >= 0.6 is 0 Å². The lowest BCUT2D eigenvalue weighted by atomic mass is 9.91. The van der Waals surface area contributed by atoms with E-state index in [1.54, 1.807) is 18.2 Å². The largest absolute Gasteiger partial charge is 0.385 e. The van der Waals surface area contributed by atoms with Crippen LogP contribution in [0.1, 0.15) is 56.2 Å². The summed E-state index contributed by atoms with van der Waals surface area (Å²) in [4.78, 5) is 0. The van der Waals surface area contributed by atoms with Crippen molar-refractivity contribution in [2.45, 2.75) is 58.0 Å². The van der Waals surface area contributed by atoms with Gasteiger partial charge in [0.05, 0.1) is 0 Å². The predicted octanol–water partition coefficient (Wildman–Crippen LogP) is 3.29. The molecule has 1 aromatic heterocycles. The Labute approximate surface area is 117 Å². The summed E-state index contributed by atoms with van der Waals surface area (Å²) in [6, 6.07) is 0.587. The van der Waals surface area contributed by atoms with E-state index in [2.05, 4.69) is 29.2 Å². The number of ether oxygens (including phenoxy) is 1. The van der Waals surface area contributed by atoms with E-state index in [9.17, 15) is 0 Å². The molecule has 1 atom stereocenters. The molecule has 1 unspecified atom stereocenters. The fourth-order valence-electron chi connectivity index (χ4n) is 2.95. The van der Waals surface area contributed by atoms with E-state index >= 15 is 0 Å². The molecule has 19 heavy (non-hydrogen) atoms. The maximum Gasteiger partial charge on any atom is 0.0462 e. The van der Waals surface area contributed by atoms with E-state index in [-0.39, 0.29) is 0 Å². The number of aryl methyl sites for hydroxylation is 2. The summed E-state index contributed by atoms with van der Waals surface area (Å²) in [7, 11) is 1.78. The fourth-order valence-corrected chi connectivity index (χ4v) is 2.95. The number of unbranched alkanes of at least 4 members (excludes halogenated alkanes) is 1. The zero-order valence-electron chi connectivity index (χ0n) is 12.5. The average Bonchev–Trinajstić information content (AvgIpc) is 2.84. The van der Waals surface area contributed by atoms with Gasteiger partial charge in [-0.05, 0) is 56.2 Å². The van der Waals surface area contributed by atoms with E-state index in [4.69, 9.17) is 4.74 Å². The van der Waals surface area contributed by atoms with E-state index in [0.29, 0.717) is 6.04 Å². The number of rotatable bonds is 8. The van der Waals surface area contributed by atoms with Gasteiger partial charge in [-0.15, -0.1) is 0 Å². The molecule has 0 radical (unpaired) electrons. The summed E-state index contributed by atoms with van der Waals surface area (Å²) in [6.07, 6.45) is 12.2. The molecule has 0 saturated heterocycles.